The highest BCUT2D eigenvalue weighted by molar-refractivity contribution is 5.65. The number of rotatable bonds is 7. The van der Waals surface area contributed by atoms with Crippen molar-refractivity contribution in [3.05, 3.63) is 12.7 Å². The molecule has 4 nitrogen and oxygen atoms in total. The molecule has 0 fully saturated rings. The molecule has 0 saturated carbocycles. The number of alkyl halides is 6. The fourth-order valence-electron chi connectivity index (χ4n) is 2.01. The fourth-order valence-corrected chi connectivity index (χ4v) is 2.01. The molecule has 0 aromatic carbocycles. The van der Waals surface area contributed by atoms with Gasteiger partial charge in [0.2, 0.25) is 0 Å². The van der Waals surface area contributed by atoms with Crippen molar-refractivity contribution in [2.24, 2.45) is 5.41 Å². The number of unbranched alkanes of at least 4 members (excludes halogenated alkanes) is 1. The zero-order chi connectivity index (χ0) is 16.9. The molecular formula is C11H15F6NO3. The quantitative estimate of drug-likeness (QED) is 0.383. The van der Waals surface area contributed by atoms with E-state index in [1.165, 1.54) is 0 Å². The molecule has 1 amide bonds. The second-order valence-electron chi connectivity index (χ2n) is 4.33. The van der Waals surface area contributed by atoms with Crippen LogP contribution >= 0.6 is 0 Å². The van der Waals surface area contributed by atoms with E-state index in [1.807, 2.05) is 0 Å². The second-order valence-corrected chi connectivity index (χ2v) is 4.33. The Morgan fingerprint density at radius 1 is 1.19 bits per heavy atom. The summed E-state index contributed by atoms with van der Waals surface area (Å²) in [5.41, 5.74) is -4.36. The average molecular weight is 323 g/mol. The van der Waals surface area contributed by atoms with Gasteiger partial charge in [0, 0.05) is 0 Å². The van der Waals surface area contributed by atoms with Crippen LogP contribution in [0.2, 0.25) is 0 Å². The number of hydrogen-bond donors (Lipinski definition) is 3. The smallest absolute Gasteiger partial charge is 0.405 e. The van der Waals surface area contributed by atoms with Crippen LogP contribution < -0.4 is 5.32 Å². The molecule has 21 heavy (non-hydrogen) atoms. The van der Waals surface area contributed by atoms with Crippen LogP contribution in [0.15, 0.2) is 12.7 Å². The Bertz CT molecular complexity index is 352. The van der Waals surface area contributed by atoms with Crippen molar-refractivity contribution >= 4 is 6.09 Å². The highest BCUT2D eigenvalue weighted by Crippen LogP contribution is 2.55. The molecule has 10 heteroatoms. The van der Waals surface area contributed by atoms with Gasteiger partial charge in [0.15, 0.2) is 5.41 Å². The van der Waals surface area contributed by atoms with Crippen LogP contribution in [0.3, 0.4) is 0 Å². The molecule has 0 bridgehead atoms. The van der Waals surface area contributed by atoms with Crippen LogP contribution in [0.5, 0.6) is 0 Å². The SMILES string of the molecule is C=CCCCC(C(CO)NC(=O)O)(C(F)(F)F)C(F)(F)F. The predicted octanol–water partition coefficient (Wildman–Crippen LogP) is 3.08. The van der Waals surface area contributed by atoms with Gasteiger partial charge in [-0.1, -0.05) is 6.08 Å². The van der Waals surface area contributed by atoms with E-state index in [4.69, 9.17) is 10.2 Å². The molecule has 0 spiro atoms. The summed E-state index contributed by atoms with van der Waals surface area (Å²) in [7, 11) is 0. The molecule has 0 aliphatic rings. The van der Waals surface area contributed by atoms with Gasteiger partial charge in [-0.15, -0.1) is 6.58 Å². The average Bonchev–Trinajstić information content (AvgIpc) is 2.28. The van der Waals surface area contributed by atoms with Gasteiger partial charge < -0.3 is 15.5 Å². The van der Waals surface area contributed by atoms with Crippen LogP contribution in [0.25, 0.3) is 0 Å². The lowest BCUT2D eigenvalue weighted by atomic mass is 9.74. The normalized spacial score (nSPS) is 14.6. The van der Waals surface area contributed by atoms with Crippen LogP contribution in [-0.4, -0.2) is 41.3 Å². The number of hydrogen-bond acceptors (Lipinski definition) is 2. The molecule has 0 aromatic heterocycles. The van der Waals surface area contributed by atoms with Crippen molar-refractivity contribution < 1.29 is 41.4 Å². The van der Waals surface area contributed by atoms with Crippen LogP contribution in [0.1, 0.15) is 19.3 Å². The van der Waals surface area contributed by atoms with Crippen LogP contribution in [0, 0.1) is 5.41 Å². The first-order chi connectivity index (χ1) is 9.44. The maximum Gasteiger partial charge on any atom is 0.405 e. The Kier molecular flexibility index (Phi) is 6.53. The van der Waals surface area contributed by atoms with E-state index in [9.17, 15) is 31.1 Å². The molecule has 0 aliphatic heterocycles. The standard InChI is InChI=1S/C11H15F6NO3/c1-2-3-4-5-9(10(12,13)14,11(15,16)17)7(6-19)18-8(20)21/h2,7,18-19H,1,3-6H2,(H,20,21). The number of carboxylic acid groups (broad SMARTS) is 1. The number of halogens is 6. The lowest BCUT2D eigenvalue weighted by molar-refractivity contribution is -0.353. The Morgan fingerprint density at radius 3 is 1.95 bits per heavy atom. The molecule has 1 unspecified atom stereocenters. The highest BCUT2D eigenvalue weighted by Gasteiger charge is 2.73. The third-order valence-electron chi connectivity index (χ3n) is 3.07. The zero-order valence-corrected chi connectivity index (χ0v) is 10.8. The molecule has 0 aromatic rings. The summed E-state index contributed by atoms with van der Waals surface area (Å²) in [6.45, 7) is 1.56. The Labute approximate surface area is 116 Å². The van der Waals surface area contributed by atoms with Gasteiger partial charge in [0.1, 0.15) is 0 Å². The second kappa shape index (κ2) is 7.01. The minimum absolute atomic E-state index is 0.112. The van der Waals surface area contributed by atoms with Crippen molar-refractivity contribution in [2.75, 3.05) is 6.61 Å². The lowest BCUT2D eigenvalue weighted by Gasteiger charge is -2.42. The molecule has 3 N–H and O–H groups in total. The maximum absolute atomic E-state index is 13.1. The molecule has 0 heterocycles. The van der Waals surface area contributed by atoms with Crippen LogP contribution in [0.4, 0.5) is 31.1 Å². The van der Waals surface area contributed by atoms with E-state index in [-0.39, 0.29) is 6.42 Å². The summed E-state index contributed by atoms with van der Waals surface area (Å²) >= 11 is 0. The molecule has 0 rings (SSSR count). The topological polar surface area (TPSA) is 69.6 Å². The molecule has 0 radical (unpaired) electrons. The number of aliphatic hydroxyl groups is 1. The summed E-state index contributed by atoms with van der Waals surface area (Å²) in [5.74, 6) is 0. The molecule has 0 saturated heterocycles. The van der Waals surface area contributed by atoms with E-state index in [1.54, 1.807) is 0 Å². The largest absolute Gasteiger partial charge is 0.465 e. The lowest BCUT2D eigenvalue weighted by Crippen LogP contribution is -2.64. The first-order valence-corrected chi connectivity index (χ1v) is 5.78. The van der Waals surface area contributed by atoms with Gasteiger partial charge in [0.25, 0.3) is 0 Å². The van der Waals surface area contributed by atoms with Gasteiger partial charge in [-0.2, -0.15) is 26.3 Å². The van der Waals surface area contributed by atoms with Crippen LogP contribution in [-0.2, 0) is 0 Å². The van der Waals surface area contributed by atoms with Crippen molar-refractivity contribution in [3.8, 4) is 0 Å². The first-order valence-electron chi connectivity index (χ1n) is 5.78. The van der Waals surface area contributed by atoms with E-state index in [0.717, 1.165) is 11.4 Å². The van der Waals surface area contributed by atoms with Gasteiger partial charge in [-0.25, -0.2) is 4.79 Å². The number of amides is 1. The third-order valence-corrected chi connectivity index (χ3v) is 3.07. The molecular weight excluding hydrogens is 308 g/mol. The summed E-state index contributed by atoms with van der Waals surface area (Å²) in [5, 5.41) is 18.4. The minimum Gasteiger partial charge on any atom is -0.465 e. The monoisotopic (exact) mass is 323 g/mol. The number of carbonyl (C=O) groups is 1. The fraction of sp³-hybridized carbons (Fsp3) is 0.727. The van der Waals surface area contributed by atoms with Crippen molar-refractivity contribution in [1.29, 1.82) is 0 Å². The summed E-state index contributed by atoms with van der Waals surface area (Å²) < 4.78 is 78.6. The Morgan fingerprint density at radius 2 is 1.67 bits per heavy atom. The van der Waals surface area contributed by atoms with E-state index in [2.05, 4.69) is 6.58 Å². The van der Waals surface area contributed by atoms with Gasteiger partial charge >= 0.3 is 18.4 Å². The summed E-state index contributed by atoms with van der Waals surface area (Å²) in [4.78, 5) is 10.4. The molecule has 124 valence electrons. The predicted molar refractivity (Wildman–Crippen MR) is 60.6 cm³/mol. The number of aliphatic hydroxyl groups excluding tert-OH is 1. The van der Waals surface area contributed by atoms with Crippen molar-refractivity contribution in [1.82, 2.24) is 5.32 Å². The van der Waals surface area contributed by atoms with E-state index >= 15 is 0 Å². The first kappa shape index (κ1) is 19.6. The minimum atomic E-state index is -5.79. The summed E-state index contributed by atoms with van der Waals surface area (Å²) in [6.07, 6.45) is -14.6. The van der Waals surface area contributed by atoms with Gasteiger partial charge in [-0.3, -0.25) is 0 Å². The van der Waals surface area contributed by atoms with Crippen molar-refractivity contribution in [3.63, 3.8) is 0 Å². The summed E-state index contributed by atoms with van der Waals surface area (Å²) in [6, 6.07) is -2.75. The third kappa shape index (κ3) is 4.26. The molecule has 0 aliphatic carbocycles. The van der Waals surface area contributed by atoms with Crippen molar-refractivity contribution in [2.45, 2.75) is 37.7 Å². The van der Waals surface area contributed by atoms with E-state index < -0.39 is 49.4 Å². The number of nitrogens with one attached hydrogen (secondary N) is 1. The van der Waals surface area contributed by atoms with E-state index in [0.29, 0.717) is 0 Å². The molecule has 1 atom stereocenters. The highest BCUT2D eigenvalue weighted by atomic mass is 19.4. The zero-order valence-electron chi connectivity index (χ0n) is 10.8. The van der Waals surface area contributed by atoms with Gasteiger partial charge in [-0.05, 0) is 19.3 Å². The Balaban J connectivity index is 5.87. The maximum atomic E-state index is 13.1. The Hall–Kier alpha value is -1.45. The van der Waals surface area contributed by atoms with Gasteiger partial charge in [0.05, 0.1) is 12.6 Å². The number of allylic oxidation sites excluding steroid dienone is 1.